The fourth-order valence-electron chi connectivity index (χ4n) is 2.75. The first-order valence-corrected chi connectivity index (χ1v) is 9.43. The van der Waals surface area contributed by atoms with Crippen LogP contribution >= 0.6 is 23.2 Å². The predicted octanol–water partition coefficient (Wildman–Crippen LogP) is 3.18. The van der Waals surface area contributed by atoms with Crippen molar-refractivity contribution < 1.29 is 17.9 Å². The highest BCUT2D eigenvalue weighted by Crippen LogP contribution is 2.36. The lowest BCUT2D eigenvalue weighted by Gasteiger charge is -2.30. The Hall–Kier alpha value is -0.820. The number of nitrogens with zero attached hydrogens (tertiary/aromatic N) is 1. The number of hydrogen-bond donors (Lipinski definition) is 0. The Morgan fingerprint density at radius 1 is 1.26 bits per heavy atom. The van der Waals surface area contributed by atoms with Gasteiger partial charge in [-0.3, -0.25) is 4.79 Å². The molecule has 1 aliphatic rings. The van der Waals surface area contributed by atoms with Gasteiger partial charge in [-0.1, -0.05) is 23.2 Å². The summed E-state index contributed by atoms with van der Waals surface area (Å²) in [5.41, 5.74) is 1.06. The number of aryl methyl sites for hydroxylation is 1. The van der Waals surface area contributed by atoms with Crippen LogP contribution in [0.1, 0.15) is 24.0 Å². The molecule has 0 atom stereocenters. The van der Waals surface area contributed by atoms with Crippen LogP contribution in [0.4, 0.5) is 0 Å². The van der Waals surface area contributed by atoms with Crippen molar-refractivity contribution >= 4 is 39.2 Å². The second-order valence-electron chi connectivity index (χ2n) is 5.64. The average Bonchev–Trinajstić information content (AvgIpc) is 2.52. The minimum absolute atomic E-state index is 0.0562. The molecule has 5 nitrogen and oxygen atoms in total. The van der Waals surface area contributed by atoms with Gasteiger partial charge in [-0.15, -0.1) is 0 Å². The molecule has 1 aromatic carbocycles. The van der Waals surface area contributed by atoms with Gasteiger partial charge in [-0.25, -0.2) is 8.42 Å². The van der Waals surface area contributed by atoms with Crippen LogP contribution in [0.25, 0.3) is 0 Å². The zero-order valence-electron chi connectivity index (χ0n) is 13.2. The molecule has 8 heteroatoms. The lowest BCUT2D eigenvalue weighted by Crippen LogP contribution is -2.40. The van der Waals surface area contributed by atoms with Crippen molar-refractivity contribution in [1.82, 2.24) is 4.31 Å². The molecular formula is C15H19Cl2NO4S. The highest BCUT2D eigenvalue weighted by molar-refractivity contribution is 7.89. The third-order valence-electron chi connectivity index (χ3n) is 4.17. The molecule has 0 amide bonds. The molecule has 1 aliphatic heterocycles. The number of benzene rings is 1. The van der Waals surface area contributed by atoms with Crippen LogP contribution in [0.3, 0.4) is 0 Å². The zero-order valence-corrected chi connectivity index (χ0v) is 15.6. The van der Waals surface area contributed by atoms with E-state index in [-0.39, 0.29) is 34.9 Å². The molecule has 1 aromatic rings. The molecule has 0 saturated carbocycles. The van der Waals surface area contributed by atoms with Crippen LogP contribution in [-0.2, 0) is 19.6 Å². The van der Waals surface area contributed by atoms with Gasteiger partial charge in [0.1, 0.15) is 4.90 Å². The van der Waals surface area contributed by atoms with Gasteiger partial charge in [-0.2, -0.15) is 4.31 Å². The lowest BCUT2D eigenvalue weighted by atomic mass is 9.99. The van der Waals surface area contributed by atoms with Gasteiger partial charge < -0.3 is 4.74 Å². The Balaban J connectivity index is 2.33. The van der Waals surface area contributed by atoms with Gasteiger partial charge in [0.05, 0.1) is 18.1 Å². The van der Waals surface area contributed by atoms with Crippen molar-refractivity contribution in [3.05, 3.63) is 27.2 Å². The number of halogens is 2. The third-order valence-corrected chi connectivity index (χ3v) is 7.24. The summed E-state index contributed by atoms with van der Waals surface area (Å²) in [6.45, 7) is 3.87. The van der Waals surface area contributed by atoms with Crippen LogP contribution in [0.15, 0.2) is 11.0 Å². The number of sulfonamides is 1. The van der Waals surface area contributed by atoms with Gasteiger partial charge in [0, 0.05) is 18.1 Å². The fourth-order valence-corrected chi connectivity index (χ4v) is 5.39. The van der Waals surface area contributed by atoms with Crippen molar-refractivity contribution in [2.24, 2.45) is 5.92 Å². The first kappa shape index (κ1) is 18.5. The predicted molar refractivity (Wildman–Crippen MR) is 89.4 cm³/mol. The van der Waals surface area contributed by atoms with Crippen molar-refractivity contribution in [3.8, 4) is 0 Å². The molecule has 0 aromatic heterocycles. The van der Waals surface area contributed by atoms with Crippen LogP contribution in [0.5, 0.6) is 0 Å². The summed E-state index contributed by atoms with van der Waals surface area (Å²) >= 11 is 12.4. The molecule has 1 fully saturated rings. The van der Waals surface area contributed by atoms with Crippen LogP contribution in [0, 0.1) is 19.8 Å². The second-order valence-corrected chi connectivity index (χ2v) is 8.30. The summed E-state index contributed by atoms with van der Waals surface area (Å²) in [7, 11) is -2.42. The fraction of sp³-hybridized carbons (Fsp3) is 0.533. The van der Waals surface area contributed by atoms with Gasteiger partial charge in [0.2, 0.25) is 10.0 Å². The number of piperidine rings is 1. The Morgan fingerprint density at radius 3 is 2.35 bits per heavy atom. The molecule has 1 saturated heterocycles. The maximum absolute atomic E-state index is 12.9. The van der Waals surface area contributed by atoms with E-state index in [1.807, 2.05) is 0 Å². The van der Waals surface area contributed by atoms with E-state index >= 15 is 0 Å². The lowest BCUT2D eigenvalue weighted by molar-refractivity contribution is -0.146. The maximum Gasteiger partial charge on any atom is 0.308 e. The molecule has 0 N–H and O–H groups in total. The van der Waals surface area contributed by atoms with Crippen molar-refractivity contribution in [3.63, 3.8) is 0 Å². The number of rotatable bonds is 3. The number of carbonyl (C=O) groups excluding carboxylic acids is 1. The Kier molecular flexibility index (Phi) is 5.61. The molecule has 128 valence electrons. The number of hydrogen-bond acceptors (Lipinski definition) is 4. The molecule has 2 rings (SSSR count). The number of ether oxygens (including phenoxy) is 1. The Morgan fingerprint density at radius 2 is 1.83 bits per heavy atom. The SMILES string of the molecule is COC(=O)C1CCN(S(=O)(=O)c2c(C)c(Cl)cc(C)c2Cl)CC1. The highest BCUT2D eigenvalue weighted by Gasteiger charge is 2.35. The minimum Gasteiger partial charge on any atom is -0.469 e. The van der Waals surface area contributed by atoms with Gasteiger partial charge in [-0.05, 0) is 43.9 Å². The van der Waals surface area contributed by atoms with E-state index in [2.05, 4.69) is 0 Å². The van der Waals surface area contributed by atoms with Crippen molar-refractivity contribution in [1.29, 1.82) is 0 Å². The van der Waals surface area contributed by atoms with Crippen molar-refractivity contribution in [2.75, 3.05) is 20.2 Å². The number of carbonyl (C=O) groups is 1. The van der Waals surface area contributed by atoms with Crippen LogP contribution < -0.4 is 0 Å². The molecule has 0 aliphatic carbocycles. The molecular weight excluding hydrogens is 361 g/mol. The summed E-state index contributed by atoms with van der Waals surface area (Å²) in [6.07, 6.45) is 0.865. The molecule has 0 spiro atoms. The first-order chi connectivity index (χ1) is 10.7. The van der Waals surface area contributed by atoms with E-state index in [9.17, 15) is 13.2 Å². The molecule has 0 bridgehead atoms. The van der Waals surface area contributed by atoms with E-state index in [4.69, 9.17) is 27.9 Å². The largest absolute Gasteiger partial charge is 0.469 e. The monoisotopic (exact) mass is 379 g/mol. The summed E-state index contributed by atoms with van der Waals surface area (Å²) in [6, 6.07) is 1.65. The maximum atomic E-state index is 12.9. The van der Waals surface area contributed by atoms with Crippen LogP contribution in [0.2, 0.25) is 10.0 Å². The third kappa shape index (κ3) is 3.50. The number of methoxy groups -OCH3 is 1. The van der Waals surface area contributed by atoms with E-state index < -0.39 is 10.0 Å². The van der Waals surface area contributed by atoms with Gasteiger partial charge in [0.15, 0.2) is 0 Å². The highest BCUT2D eigenvalue weighted by atomic mass is 35.5. The zero-order chi connectivity index (χ0) is 17.4. The first-order valence-electron chi connectivity index (χ1n) is 7.23. The summed E-state index contributed by atoms with van der Waals surface area (Å²) in [5, 5.41) is 0.567. The summed E-state index contributed by atoms with van der Waals surface area (Å²) in [4.78, 5) is 11.6. The average molecular weight is 380 g/mol. The summed E-state index contributed by atoms with van der Waals surface area (Å²) in [5.74, 6) is -0.557. The standard InChI is InChI=1S/C15H19Cl2NO4S/c1-9-8-12(16)10(2)14(13(9)17)23(20,21)18-6-4-11(5-7-18)15(19)22-3/h8,11H,4-7H2,1-3H3. The second kappa shape index (κ2) is 6.97. The smallest absolute Gasteiger partial charge is 0.308 e. The van der Waals surface area contributed by atoms with E-state index in [0.29, 0.717) is 29.0 Å². The van der Waals surface area contributed by atoms with E-state index in [1.165, 1.54) is 11.4 Å². The van der Waals surface area contributed by atoms with Crippen molar-refractivity contribution in [2.45, 2.75) is 31.6 Å². The van der Waals surface area contributed by atoms with E-state index in [0.717, 1.165) is 0 Å². The Labute approximate surface area is 146 Å². The molecule has 23 heavy (non-hydrogen) atoms. The molecule has 0 radical (unpaired) electrons. The van der Waals surface area contributed by atoms with Gasteiger partial charge >= 0.3 is 5.97 Å². The molecule has 0 unspecified atom stereocenters. The van der Waals surface area contributed by atoms with Crippen LogP contribution in [-0.4, -0.2) is 38.9 Å². The number of esters is 1. The topological polar surface area (TPSA) is 63.7 Å². The van der Waals surface area contributed by atoms with E-state index in [1.54, 1.807) is 19.9 Å². The normalized spacial score (nSPS) is 17.3. The molecule has 1 heterocycles. The summed E-state index contributed by atoms with van der Waals surface area (Å²) < 4.78 is 32.0. The Bertz CT molecular complexity index is 699. The van der Waals surface area contributed by atoms with Gasteiger partial charge in [0.25, 0.3) is 0 Å². The minimum atomic E-state index is -3.76. The quantitative estimate of drug-likeness (QED) is 0.756.